The van der Waals surface area contributed by atoms with Crippen LogP contribution in [0, 0.1) is 23.0 Å². The van der Waals surface area contributed by atoms with E-state index in [0.29, 0.717) is 29.1 Å². The van der Waals surface area contributed by atoms with Gasteiger partial charge in [0.05, 0.1) is 11.6 Å². The zero-order valence-corrected chi connectivity index (χ0v) is 13.7. The fourth-order valence-electron chi connectivity index (χ4n) is 2.81. The van der Waals surface area contributed by atoms with Gasteiger partial charge in [0.2, 0.25) is 5.91 Å². The molecule has 2 atom stereocenters. The second-order valence-corrected chi connectivity index (χ2v) is 6.54. The van der Waals surface area contributed by atoms with Crippen LogP contribution in [0.25, 0.3) is 0 Å². The molecule has 1 N–H and O–H groups in total. The Labute approximate surface area is 142 Å². The number of halogens is 2. The van der Waals surface area contributed by atoms with Gasteiger partial charge in [0.1, 0.15) is 11.1 Å². The Hall–Kier alpha value is -2.30. The number of carbonyl (C=O) groups excluding carboxylic acids is 1. The molecule has 1 aromatic heterocycles. The minimum atomic E-state index is -0.905. The molecular formula is C17H15F2N3OS. The van der Waals surface area contributed by atoms with E-state index in [4.69, 9.17) is 5.26 Å². The zero-order chi connectivity index (χ0) is 17.3. The van der Waals surface area contributed by atoms with E-state index in [1.165, 1.54) is 17.4 Å². The van der Waals surface area contributed by atoms with E-state index in [-0.39, 0.29) is 11.9 Å². The maximum absolute atomic E-state index is 13.4. The van der Waals surface area contributed by atoms with E-state index >= 15 is 0 Å². The number of hydrogen-bond acceptors (Lipinski definition) is 4. The molecule has 2 unspecified atom stereocenters. The highest BCUT2D eigenvalue weighted by Crippen LogP contribution is 2.31. The summed E-state index contributed by atoms with van der Waals surface area (Å²) in [6.07, 6.45) is 0.593. The first-order valence-electron chi connectivity index (χ1n) is 7.51. The Bertz CT molecular complexity index is 814. The van der Waals surface area contributed by atoms with Crippen LogP contribution >= 0.6 is 11.3 Å². The second-order valence-electron chi connectivity index (χ2n) is 5.64. The summed E-state index contributed by atoms with van der Waals surface area (Å²) in [5, 5.41) is 14.7. The van der Waals surface area contributed by atoms with Gasteiger partial charge >= 0.3 is 0 Å². The summed E-state index contributed by atoms with van der Waals surface area (Å²) in [7, 11) is 0. The lowest BCUT2D eigenvalue weighted by molar-refractivity contribution is -0.118. The van der Waals surface area contributed by atoms with Crippen molar-refractivity contribution >= 4 is 22.2 Å². The Morgan fingerprint density at radius 1 is 1.38 bits per heavy atom. The van der Waals surface area contributed by atoms with Gasteiger partial charge in [-0.05, 0) is 42.5 Å². The van der Waals surface area contributed by atoms with Gasteiger partial charge in [-0.2, -0.15) is 5.26 Å². The van der Waals surface area contributed by atoms with Gasteiger partial charge in [0, 0.05) is 12.6 Å². The van der Waals surface area contributed by atoms with E-state index < -0.39 is 17.7 Å². The Kier molecular flexibility index (Phi) is 4.60. The lowest BCUT2D eigenvalue weighted by Gasteiger charge is -2.20. The van der Waals surface area contributed by atoms with Crippen molar-refractivity contribution in [3.63, 3.8) is 0 Å². The summed E-state index contributed by atoms with van der Waals surface area (Å²) >= 11 is 1.36. The molecular weight excluding hydrogens is 332 g/mol. The van der Waals surface area contributed by atoms with Crippen molar-refractivity contribution in [3.8, 4) is 6.07 Å². The van der Waals surface area contributed by atoms with Crippen LogP contribution in [0.2, 0.25) is 0 Å². The van der Waals surface area contributed by atoms with Gasteiger partial charge in [0.15, 0.2) is 11.6 Å². The van der Waals surface area contributed by atoms with Crippen LogP contribution in [0.4, 0.5) is 13.8 Å². The number of carbonyl (C=O) groups is 1. The summed E-state index contributed by atoms with van der Waals surface area (Å²) in [6, 6.07) is 6.78. The molecule has 7 heteroatoms. The van der Waals surface area contributed by atoms with Gasteiger partial charge in [-0.1, -0.05) is 6.07 Å². The molecule has 1 aliphatic rings. The number of anilines is 1. The van der Waals surface area contributed by atoms with Crippen LogP contribution in [0.1, 0.15) is 30.5 Å². The number of hydrogen-bond donors (Lipinski definition) is 1. The molecule has 0 aliphatic carbocycles. The molecule has 24 heavy (non-hydrogen) atoms. The first-order chi connectivity index (χ1) is 11.5. The van der Waals surface area contributed by atoms with Crippen molar-refractivity contribution in [2.45, 2.75) is 25.4 Å². The van der Waals surface area contributed by atoms with Crippen molar-refractivity contribution in [2.75, 3.05) is 11.4 Å². The summed E-state index contributed by atoms with van der Waals surface area (Å²) < 4.78 is 26.4. The topological polar surface area (TPSA) is 56.1 Å². The predicted molar refractivity (Wildman–Crippen MR) is 87.7 cm³/mol. The lowest BCUT2D eigenvalue weighted by Crippen LogP contribution is -2.39. The average molecular weight is 347 g/mol. The third-order valence-electron chi connectivity index (χ3n) is 4.11. The van der Waals surface area contributed by atoms with E-state index in [0.717, 1.165) is 12.1 Å². The van der Waals surface area contributed by atoms with Crippen molar-refractivity contribution in [2.24, 2.45) is 0 Å². The van der Waals surface area contributed by atoms with Gasteiger partial charge < -0.3 is 4.90 Å². The number of amides is 1. The molecule has 2 aromatic rings. The third-order valence-corrected chi connectivity index (χ3v) is 5.05. The number of nitriles is 1. The normalized spacial score (nSPS) is 18.7. The molecule has 0 spiro atoms. The van der Waals surface area contributed by atoms with E-state index in [2.05, 4.69) is 11.4 Å². The van der Waals surface area contributed by atoms with Crippen LogP contribution in [-0.2, 0) is 4.79 Å². The third kappa shape index (κ3) is 3.03. The van der Waals surface area contributed by atoms with Crippen LogP contribution < -0.4 is 10.2 Å². The van der Waals surface area contributed by atoms with Gasteiger partial charge in [-0.15, -0.1) is 11.3 Å². The largest absolute Gasteiger partial charge is 0.301 e. The maximum atomic E-state index is 13.4. The molecule has 0 radical (unpaired) electrons. The molecule has 4 nitrogen and oxygen atoms in total. The van der Waals surface area contributed by atoms with Crippen LogP contribution in [-0.4, -0.2) is 18.5 Å². The fourth-order valence-corrected chi connectivity index (χ4v) is 3.69. The first kappa shape index (κ1) is 16.6. The highest BCUT2D eigenvalue weighted by molar-refractivity contribution is 7.14. The quantitative estimate of drug-likeness (QED) is 0.923. The van der Waals surface area contributed by atoms with Crippen molar-refractivity contribution in [1.82, 2.24) is 5.32 Å². The van der Waals surface area contributed by atoms with Crippen molar-refractivity contribution in [3.05, 3.63) is 52.4 Å². The van der Waals surface area contributed by atoms with Gasteiger partial charge in [-0.25, -0.2) is 8.78 Å². The van der Waals surface area contributed by atoms with Crippen LogP contribution in [0.3, 0.4) is 0 Å². The molecule has 0 bridgehead atoms. The SMILES string of the molecule is CC(NC1CCN(c2sccc2C#N)C1=O)c1ccc(F)c(F)c1. The highest BCUT2D eigenvalue weighted by atomic mass is 32.1. The number of nitrogens with one attached hydrogen (secondary N) is 1. The summed E-state index contributed by atoms with van der Waals surface area (Å²) in [5.41, 5.74) is 1.07. The summed E-state index contributed by atoms with van der Waals surface area (Å²) in [6.45, 7) is 2.32. The molecule has 124 valence electrons. The number of thiophene rings is 1. The standard InChI is InChI=1S/C17H15F2N3OS/c1-10(11-2-3-13(18)14(19)8-11)21-15-4-6-22(16(15)23)17-12(9-20)5-7-24-17/h2-3,5,7-8,10,15,21H,4,6H2,1H3. The van der Waals surface area contributed by atoms with Gasteiger partial charge in [0.25, 0.3) is 0 Å². The Balaban J connectivity index is 1.72. The van der Waals surface area contributed by atoms with Crippen molar-refractivity contribution < 1.29 is 13.6 Å². The zero-order valence-electron chi connectivity index (χ0n) is 12.9. The second kappa shape index (κ2) is 6.67. The molecule has 1 aromatic carbocycles. The molecule has 2 heterocycles. The molecule has 1 amide bonds. The number of benzene rings is 1. The minimum absolute atomic E-state index is 0.108. The molecule has 1 aliphatic heterocycles. The first-order valence-corrected chi connectivity index (χ1v) is 8.39. The smallest absolute Gasteiger partial charge is 0.244 e. The molecule has 1 saturated heterocycles. The summed E-state index contributed by atoms with van der Waals surface area (Å²) in [5.74, 6) is -1.91. The average Bonchev–Trinajstić information content (AvgIpc) is 3.17. The molecule has 0 saturated carbocycles. The van der Waals surface area contributed by atoms with E-state index in [1.807, 2.05) is 0 Å². The molecule has 3 rings (SSSR count). The number of rotatable bonds is 4. The maximum Gasteiger partial charge on any atom is 0.244 e. The Morgan fingerprint density at radius 3 is 2.88 bits per heavy atom. The fraction of sp³-hybridized carbons (Fsp3) is 0.294. The monoisotopic (exact) mass is 347 g/mol. The van der Waals surface area contributed by atoms with Crippen molar-refractivity contribution in [1.29, 1.82) is 5.26 Å². The lowest BCUT2D eigenvalue weighted by atomic mass is 10.1. The number of nitrogens with zero attached hydrogens (tertiary/aromatic N) is 2. The minimum Gasteiger partial charge on any atom is -0.301 e. The van der Waals surface area contributed by atoms with Crippen LogP contribution in [0.5, 0.6) is 0 Å². The van der Waals surface area contributed by atoms with Gasteiger partial charge in [-0.3, -0.25) is 10.1 Å². The van der Waals surface area contributed by atoms with E-state index in [9.17, 15) is 13.6 Å². The van der Waals surface area contributed by atoms with E-state index in [1.54, 1.807) is 23.3 Å². The summed E-state index contributed by atoms with van der Waals surface area (Å²) in [4.78, 5) is 14.2. The molecule has 1 fully saturated rings. The Morgan fingerprint density at radius 2 is 2.17 bits per heavy atom. The van der Waals surface area contributed by atoms with Crippen LogP contribution in [0.15, 0.2) is 29.6 Å². The predicted octanol–water partition coefficient (Wildman–Crippen LogP) is 3.35. The highest BCUT2D eigenvalue weighted by Gasteiger charge is 2.35.